The van der Waals surface area contributed by atoms with Crippen LogP contribution in [0.4, 0.5) is 5.69 Å². The molecule has 0 bridgehead atoms. The lowest BCUT2D eigenvalue weighted by Crippen LogP contribution is -2.45. The van der Waals surface area contributed by atoms with Gasteiger partial charge in [0.15, 0.2) is 0 Å². The van der Waals surface area contributed by atoms with Crippen LogP contribution < -0.4 is 10.6 Å². The normalized spacial score (nSPS) is 16.9. The standard InChI is InChI=1S/C16H22BrN3O3.ClH/c1-11-7-12(17)3-4-14(11)19-15(21)9-20(2)16(22)8-13-10-23-6-5-18-13;/h3-4,7,13,18H,5-6,8-10H2,1-2H3,(H,19,21);1H. The van der Waals surface area contributed by atoms with Gasteiger partial charge in [-0.3, -0.25) is 9.59 Å². The number of hydrogen-bond donors (Lipinski definition) is 2. The average Bonchev–Trinajstić information content (AvgIpc) is 2.51. The zero-order valence-corrected chi connectivity index (χ0v) is 16.2. The number of nitrogens with zero attached hydrogens (tertiary/aromatic N) is 1. The molecule has 0 aliphatic carbocycles. The van der Waals surface area contributed by atoms with E-state index in [0.29, 0.717) is 19.6 Å². The first-order valence-corrected chi connectivity index (χ1v) is 8.36. The summed E-state index contributed by atoms with van der Waals surface area (Å²) in [6.07, 6.45) is 0.334. The molecule has 1 aromatic rings. The van der Waals surface area contributed by atoms with E-state index in [1.165, 1.54) is 4.90 Å². The number of hydrogen-bond acceptors (Lipinski definition) is 4. The van der Waals surface area contributed by atoms with Gasteiger partial charge < -0.3 is 20.3 Å². The third-order valence-corrected chi connectivity index (χ3v) is 4.18. The van der Waals surface area contributed by atoms with Crippen LogP contribution in [0.25, 0.3) is 0 Å². The van der Waals surface area contributed by atoms with E-state index in [1.54, 1.807) is 7.05 Å². The molecule has 1 fully saturated rings. The first-order valence-electron chi connectivity index (χ1n) is 7.57. The van der Waals surface area contributed by atoms with Crippen LogP contribution in [0.2, 0.25) is 0 Å². The molecule has 2 rings (SSSR count). The highest BCUT2D eigenvalue weighted by atomic mass is 79.9. The molecular formula is C16H23BrClN3O3. The van der Waals surface area contributed by atoms with Gasteiger partial charge in [-0.05, 0) is 30.7 Å². The Hall–Kier alpha value is -1.15. The molecule has 1 heterocycles. The summed E-state index contributed by atoms with van der Waals surface area (Å²) in [6.45, 7) is 3.91. The van der Waals surface area contributed by atoms with Gasteiger partial charge in [0.05, 0.1) is 19.8 Å². The van der Waals surface area contributed by atoms with Crippen molar-refractivity contribution >= 4 is 45.8 Å². The average molecular weight is 421 g/mol. The second-order valence-corrected chi connectivity index (χ2v) is 6.60. The maximum atomic E-state index is 12.2. The van der Waals surface area contributed by atoms with Gasteiger partial charge in [-0.1, -0.05) is 15.9 Å². The van der Waals surface area contributed by atoms with Gasteiger partial charge in [0.1, 0.15) is 0 Å². The highest BCUT2D eigenvalue weighted by Gasteiger charge is 2.20. The number of rotatable bonds is 5. The van der Waals surface area contributed by atoms with E-state index in [2.05, 4.69) is 26.6 Å². The van der Waals surface area contributed by atoms with Crippen LogP contribution >= 0.6 is 28.3 Å². The molecule has 1 aliphatic rings. The Bertz CT molecular complexity index is 580. The molecule has 0 spiro atoms. The summed E-state index contributed by atoms with van der Waals surface area (Å²) in [5, 5.41) is 6.07. The van der Waals surface area contributed by atoms with E-state index in [-0.39, 0.29) is 36.8 Å². The number of likely N-dealkylation sites (N-methyl/N-ethyl adjacent to an activating group) is 1. The van der Waals surface area contributed by atoms with Crippen molar-refractivity contribution in [1.82, 2.24) is 10.2 Å². The van der Waals surface area contributed by atoms with E-state index in [0.717, 1.165) is 22.3 Å². The topological polar surface area (TPSA) is 70.7 Å². The minimum atomic E-state index is -0.209. The van der Waals surface area contributed by atoms with Gasteiger partial charge in [-0.25, -0.2) is 0 Å². The number of benzene rings is 1. The number of aryl methyl sites for hydroxylation is 1. The molecule has 1 aliphatic heterocycles. The molecule has 6 nitrogen and oxygen atoms in total. The van der Waals surface area contributed by atoms with Crippen molar-refractivity contribution in [2.24, 2.45) is 0 Å². The number of halogens is 2. The van der Waals surface area contributed by atoms with E-state index in [9.17, 15) is 9.59 Å². The Balaban J connectivity index is 0.00000288. The smallest absolute Gasteiger partial charge is 0.243 e. The predicted octanol–water partition coefficient (Wildman–Crippen LogP) is 1.95. The zero-order chi connectivity index (χ0) is 16.8. The molecule has 134 valence electrons. The number of nitrogens with one attached hydrogen (secondary N) is 2. The minimum Gasteiger partial charge on any atom is -0.378 e. The van der Waals surface area contributed by atoms with Crippen molar-refractivity contribution in [2.75, 3.05) is 38.7 Å². The maximum Gasteiger partial charge on any atom is 0.243 e. The molecule has 1 saturated heterocycles. The molecule has 8 heteroatoms. The monoisotopic (exact) mass is 419 g/mol. The summed E-state index contributed by atoms with van der Waals surface area (Å²) in [5.74, 6) is -0.283. The fourth-order valence-corrected chi connectivity index (χ4v) is 2.85. The lowest BCUT2D eigenvalue weighted by atomic mass is 10.2. The largest absolute Gasteiger partial charge is 0.378 e. The quantitative estimate of drug-likeness (QED) is 0.764. The molecule has 1 atom stereocenters. The highest BCUT2D eigenvalue weighted by molar-refractivity contribution is 9.10. The summed E-state index contributed by atoms with van der Waals surface area (Å²) < 4.78 is 6.29. The van der Waals surface area contributed by atoms with Crippen LogP contribution in [0, 0.1) is 6.92 Å². The fourth-order valence-electron chi connectivity index (χ4n) is 2.38. The van der Waals surface area contributed by atoms with E-state index in [1.807, 2.05) is 25.1 Å². The fraction of sp³-hybridized carbons (Fsp3) is 0.500. The molecule has 2 amide bonds. The van der Waals surface area contributed by atoms with Crippen LogP contribution in [0.5, 0.6) is 0 Å². The molecule has 2 N–H and O–H groups in total. The number of morpholine rings is 1. The molecule has 0 aromatic heterocycles. The molecule has 24 heavy (non-hydrogen) atoms. The number of anilines is 1. The van der Waals surface area contributed by atoms with Crippen LogP contribution in [-0.2, 0) is 14.3 Å². The number of carbonyl (C=O) groups excluding carboxylic acids is 2. The number of carbonyl (C=O) groups is 2. The molecular weight excluding hydrogens is 398 g/mol. The van der Waals surface area contributed by atoms with Gasteiger partial charge in [-0.2, -0.15) is 0 Å². The van der Waals surface area contributed by atoms with E-state index in [4.69, 9.17) is 4.74 Å². The SMILES string of the molecule is Cc1cc(Br)ccc1NC(=O)CN(C)C(=O)CC1COCCN1.Cl. The Morgan fingerprint density at radius 2 is 2.21 bits per heavy atom. The summed E-state index contributed by atoms with van der Waals surface area (Å²) in [5.41, 5.74) is 1.71. The van der Waals surface area contributed by atoms with E-state index >= 15 is 0 Å². The Labute approximate surface area is 156 Å². The second-order valence-electron chi connectivity index (χ2n) is 5.69. The summed E-state index contributed by atoms with van der Waals surface area (Å²) in [7, 11) is 1.64. The first-order chi connectivity index (χ1) is 11.0. The van der Waals surface area contributed by atoms with Crippen LogP contribution in [0.1, 0.15) is 12.0 Å². The molecule has 0 radical (unpaired) electrons. The zero-order valence-electron chi connectivity index (χ0n) is 13.8. The predicted molar refractivity (Wildman–Crippen MR) is 99.6 cm³/mol. The summed E-state index contributed by atoms with van der Waals surface area (Å²) in [4.78, 5) is 25.7. The van der Waals surface area contributed by atoms with Crippen molar-refractivity contribution < 1.29 is 14.3 Å². The molecule has 1 aromatic carbocycles. The van der Waals surface area contributed by atoms with Gasteiger partial charge in [0, 0.05) is 36.2 Å². The van der Waals surface area contributed by atoms with Gasteiger partial charge in [-0.15, -0.1) is 12.4 Å². The van der Waals surface area contributed by atoms with Crippen molar-refractivity contribution in [1.29, 1.82) is 0 Å². The first kappa shape index (κ1) is 20.9. The van der Waals surface area contributed by atoms with Crippen molar-refractivity contribution in [3.63, 3.8) is 0 Å². The van der Waals surface area contributed by atoms with Crippen LogP contribution in [0.3, 0.4) is 0 Å². The molecule has 1 unspecified atom stereocenters. The van der Waals surface area contributed by atoms with Gasteiger partial charge >= 0.3 is 0 Å². The number of amides is 2. The van der Waals surface area contributed by atoms with Gasteiger partial charge in [0.25, 0.3) is 0 Å². The maximum absolute atomic E-state index is 12.2. The number of ether oxygens (including phenoxy) is 1. The summed E-state index contributed by atoms with van der Waals surface area (Å²) >= 11 is 3.39. The minimum absolute atomic E-state index is 0. The second kappa shape index (κ2) is 9.98. The van der Waals surface area contributed by atoms with E-state index < -0.39 is 0 Å². The van der Waals surface area contributed by atoms with Gasteiger partial charge in [0.2, 0.25) is 11.8 Å². The lowest BCUT2D eigenvalue weighted by molar-refractivity contribution is -0.134. The Morgan fingerprint density at radius 1 is 1.46 bits per heavy atom. The Kier molecular flexibility index (Phi) is 8.69. The summed E-state index contributed by atoms with van der Waals surface area (Å²) in [6, 6.07) is 5.66. The highest BCUT2D eigenvalue weighted by Crippen LogP contribution is 2.19. The van der Waals surface area contributed by atoms with Crippen molar-refractivity contribution in [2.45, 2.75) is 19.4 Å². The third kappa shape index (κ3) is 6.39. The Morgan fingerprint density at radius 3 is 2.83 bits per heavy atom. The lowest BCUT2D eigenvalue weighted by Gasteiger charge is -2.25. The third-order valence-electron chi connectivity index (χ3n) is 3.69. The van der Waals surface area contributed by atoms with Crippen molar-refractivity contribution in [3.8, 4) is 0 Å². The van der Waals surface area contributed by atoms with Crippen LogP contribution in [-0.4, -0.2) is 56.1 Å². The molecule has 0 saturated carbocycles. The van der Waals surface area contributed by atoms with Crippen molar-refractivity contribution in [3.05, 3.63) is 28.2 Å². The van der Waals surface area contributed by atoms with Crippen LogP contribution in [0.15, 0.2) is 22.7 Å².